The monoisotopic (exact) mass is 288 g/mol. The lowest BCUT2D eigenvalue weighted by atomic mass is 10.3. The third-order valence-electron chi connectivity index (χ3n) is 2.96. The summed E-state index contributed by atoms with van der Waals surface area (Å²) >= 11 is 1.51. The van der Waals surface area contributed by atoms with E-state index in [0.29, 0.717) is 18.0 Å². The molecule has 0 unspecified atom stereocenters. The van der Waals surface area contributed by atoms with E-state index in [1.807, 2.05) is 18.5 Å². The molecule has 0 aliphatic rings. The second-order valence-corrected chi connectivity index (χ2v) is 5.07. The minimum atomic E-state index is -0.996. The van der Waals surface area contributed by atoms with Gasteiger partial charge in [0.25, 0.3) is 0 Å². The second kappa shape index (κ2) is 4.93. The molecule has 0 saturated carbocycles. The van der Waals surface area contributed by atoms with Crippen LogP contribution >= 0.6 is 11.3 Å². The summed E-state index contributed by atoms with van der Waals surface area (Å²) in [6, 6.07) is 5.40. The SMILES string of the molecule is CN(Cc1cscn1)c1nc2ccccn2c1C(=O)O. The molecule has 3 aromatic rings. The molecule has 3 aromatic heterocycles. The van der Waals surface area contributed by atoms with E-state index in [9.17, 15) is 9.90 Å². The van der Waals surface area contributed by atoms with E-state index in [4.69, 9.17) is 0 Å². The number of carboxylic acids is 1. The number of aromatic carboxylic acids is 1. The number of anilines is 1. The highest BCUT2D eigenvalue weighted by atomic mass is 32.1. The van der Waals surface area contributed by atoms with Crippen LogP contribution < -0.4 is 4.90 Å². The van der Waals surface area contributed by atoms with Crippen molar-refractivity contribution in [3.8, 4) is 0 Å². The van der Waals surface area contributed by atoms with Gasteiger partial charge in [-0.3, -0.25) is 4.40 Å². The number of hydrogen-bond acceptors (Lipinski definition) is 5. The summed E-state index contributed by atoms with van der Waals surface area (Å²) in [4.78, 5) is 21.9. The van der Waals surface area contributed by atoms with Crippen LogP contribution in [0.2, 0.25) is 0 Å². The first-order valence-electron chi connectivity index (χ1n) is 5.95. The topological polar surface area (TPSA) is 70.7 Å². The van der Waals surface area contributed by atoms with Crippen LogP contribution in [0.4, 0.5) is 5.82 Å². The van der Waals surface area contributed by atoms with Crippen LogP contribution in [-0.2, 0) is 6.54 Å². The summed E-state index contributed by atoms with van der Waals surface area (Å²) in [6.45, 7) is 0.521. The Morgan fingerprint density at radius 2 is 2.35 bits per heavy atom. The Hall–Kier alpha value is -2.41. The van der Waals surface area contributed by atoms with Gasteiger partial charge in [0.05, 0.1) is 17.7 Å². The molecule has 0 amide bonds. The lowest BCUT2D eigenvalue weighted by molar-refractivity contribution is 0.0690. The number of fused-ring (bicyclic) bond motifs is 1. The zero-order chi connectivity index (χ0) is 14.1. The molecular formula is C13H12N4O2S. The van der Waals surface area contributed by atoms with Gasteiger partial charge < -0.3 is 10.0 Å². The van der Waals surface area contributed by atoms with Crippen LogP contribution in [0.1, 0.15) is 16.2 Å². The van der Waals surface area contributed by atoms with Crippen molar-refractivity contribution in [2.75, 3.05) is 11.9 Å². The van der Waals surface area contributed by atoms with Gasteiger partial charge in [0.1, 0.15) is 5.65 Å². The summed E-state index contributed by atoms with van der Waals surface area (Å²) < 4.78 is 1.58. The van der Waals surface area contributed by atoms with Crippen molar-refractivity contribution in [1.82, 2.24) is 14.4 Å². The predicted octanol–water partition coefficient (Wildman–Crippen LogP) is 2.13. The number of nitrogens with zero attached hydrogens (tertiary/aromatic N) is 4. The lowest BCUT2D eigenvalue weighted by Gasteiger charge is -2.15. The Bertz CT molecular complexity index is 751. The molecule has 0 aliphatic carbocycles. The van der Waals surface area contributed by atoms with E-state index in [-0.39, 0.29) is 5.69 Å². The van der Waals surface area contributed by atoms with Crippen molar-refractivity contribution in [3.05, 3.63) is 46.7 Å². The third-order valence-corrected chi connectivity index (χ3v) is 3.59. The van der Waals surface area contributed by atoms with E-state index in [1.54, 1.807) is 33.1 Å². The van der Waals surface area contributed by atoms with Gasteiger partial charge >= 0.3 is 5.97 Å². The highest BCUT2D eigenvalue weighted by Crippen LogP contribution is 2.22. The summed E-state index contributed by atoms with van der Waals surface area (Å²) in [5.74, 6) is -0.555. The van der Waals surface area contributed by atoms with Crippen LogP contribution in [0, 0.1) is 0 Å². The molecule has 0 atom stereocenters. The first kappa shape index (κ1) is 12.6. The summed E-state index contributed by atoms with van der Waals surface area (Å²) in [7, 11) is 1.81. The van der Waals surface area contributed by atoms with Crippen molar-refractivity contribution in [3.63, 3.8) is 0 Å². The average Bonchev–Trinajstić information content (AvgIpc) is 3.04. The predicted molar refractivity (Wildman–Crippen MR) is 76.4 cm³/mol. The molecule has 3 heterocycles. The van der Waals surface area contributed by atoms with Gasteiger partial charge in [-0.1, -0.05) is 6.07 Å². The van der Waals surface area contributed by atoms with Gasteiger partial charge in [-0.2, -0.15) is 0 Å². The molecular weight excluding hydrogens is 276 g/mol. The van der Waals surface area contributed by atoms with Gasteiger partial charge in [0.2, 0.25) is 0 Å². The quantitative estimate of drug-likeness (QED) is 0.796. The standard InChI is InChI=1S/C13H12N4O2S/c1-16(6-9-7-20-8-14-9)12-11(13(18)19)17-5-3-2-4-10(17)15-12/h2-5,7-8H,6H2,1H3,(H,18,19). The van der Waals surface area contributed by atoms with Crippen molar-refractivity contribution in [2.24, 2.45) is 0 Å². The molecule has 1 N–H and O–H groups in total. The van der Waals surface area contributed by atoms with Crippen LogP contribution in [0.25, 0.3) is 5.65 Å². The number of carbonyl (C=O) groups is 1. The van der Waals surface area contributed by atoms with Crippen LogP contribution in [-0.4, -0.2) is 32.5 Å². The van der Waals surface area contributed by atoms with Crippen molar-refractivity contribution in [2.45, 2.75) is 6.54 Å². The zero-order valence-corrected chi connectivity index (χ0v) is 11.5. The molecule has 3 rings (SSSR count). The van der Waals surface area contributed by atoms with Crippen LogP contribution in [0.15, 0.2) is 35.3 Å². The Morgan fingerprint density at radius 3 is 3.05 bits per heavy atom. The molecule has 6 nitrogen and oxygen atoms in total. The Labute approximate surface area is 118 Å². The van der Waals surface area contributed by atoms with E-state index in [1.165, 1.54) is 11.3 Å². The Kier molecular flexibility index (Phi) is 3.11. The molecule has 20 heavy (non-hydrogen) atoms. The molecule has 0 aromatic carbocycles. The molecule has 0 aliphatic heterocycles. The number of aromatic nitrogens is 3. The van der Waals surface area contributed by atoms with E-state index >= 15 is 0 Å². The summed E-state index contributed by atoms with van der Waals surface area (Å²) in [5, 5.41) is 11.4. The highest BCUT2D eigenvalue weighted by Gasteiger charge is 2.21. The molecule has 0 fully saturated rings. The summed E-state index contributed by atoms with van der Waals surface area (Å²) in [6.07, 6.45) is 1.70. The normalized spacial score (nSPS) is 10.8. The number of carboxylic acid groups (broad SMARTS) is 1. The first-order valence-corrected chi connectivity index (χ1v) is 6.89. The van der Waals surface area contributed by atoms with Gasteiger partial charge in [-0.05, 0) is 12.1 Å². The molecule has 0 saturated heterocycles. The van der Waals surface area contributed by atoms with Gasteiger partial charge in [-0.25, -0.2) is 14.8 Å². The van der Waals surface area contributed by atoms with Crippen LogP contribution in [0.5, 0.6) is 0 Å². The van der Waals surface area contributed by atoms with E-state index in [0.717, 1.165) is 5.69 Å². The van der Waals surface area contributed by atoms with Crippen molar-refractivity contribution in [1.29, 1.82) is 0 Å². The second-order valence-electron chi connectivity index (χ2n) is 4.35. The molecule has 0 spiro atoms. The Balaban J connectivity index is 2.06. The minimum absolute atomic E-state index is 0.165. The maximum atomic E-state index is 11.5. The largest absolute Gasteiger partial charge is 0.476 e. The average molecular weight is 288 g/mol. The number of imidazole rings is 1. The smallest absolute Gasteiger partial charge is 0.356 e. The van der Waals surface area contributed by atoms with Crippen molar-refractivity contribution < 1.29 is 9.90 Å². The van der Waals surface area contributed by atoms with Crippen LogP contribution in [0.3, 0.4) is 0 Å². The maximum absolute atomic E-state index is 11.5. The minimum Gasteiger partial charge on any atom is -0.476 e. The molecule has 7 heteroatoms. The number of thiazole rings is 1. The molecule has 0 bridgehead atoms. The van der Waals surface area contributed by atoms with Crippen molar-refractivity contribution >= 4 is 28.8 Å². The Morgan fingerprint density at radius 1 is 1.50 bits per heavy atom. The maximum Gasteiger partial charge on any atom is 0.356 e. The van der Waals surface area contributed by atoms with Gasteiger partial charge in [0, 0.05) is 18.6 Å². The number of hydrogen-bond donors (Lipinski definition) is 1. The third kappa shape index (κ3) is 2.12. The molecule has 102 valence electrons. The fraction of sp³-hybridized carbons (Fsp3) is 0.154. The number of rotatable bonds is 4. The number of pyridine rings is 1. The fourth-order valence-electron chi connectivity index (χ4n) is 2.08. The summed E-state index contributed by atoms with van der Waals surface area (Å²) in [5.41, 5.74) is 3.43. The van der Waals surface area contributed by atoms with E-state index < -0.39 is 5.97 Å². The first-order chi connectivity index (χ1) is 9.66. The van der Waals surface area contributed by atoms with Gasteiger partial charge in [-0.15, -0.1) is 11.3 Å². The van der Waals surface area contributed by atoms with E-state index in [2.05, 4.69) is 9.97 Å². The zero-order valence-electron chi connectivity index (χ0n) is 10.7. The fourth-order valence-corrected chi connectivity index (χ4v) is 2.63. The highest BCUT2D eigenvalue weighted by molar-refractivity contribution is 7.07. The lowest BCUT2D eigenvalue weighted by Crippen LogP contribution is -2.20. The van der Waals surface area contributed by atoms with Gasteiger partial charge in [0.15, 0.2) is 11.5 Å². The molecule has 0 radical (unpaired) electrons.